The number of allylic oxidation sites excluding steroid dienone is 1. The fourth-order valence-electron chi connectivity index (χ4n) is 4.26. The fourth-order valence-corrected chi connectivity index (χ4v) is 5.07. The van der Waals surface area contributed by atoms with Crippen LogP contribution in [0.2, 0.25) is 0 Å². The van der Waals surface area contributed by atoms with Crippen LogP contribution in [-0.2, 0) is 16.1 Å². The topological polar surface area (TPSA) is 98.6 Å². The first-order chi connectivity index (χ1) is 17.0. The summed E-state index contributed by atoms with van der Waals surface area (Å²) in [6.07, 6.45) is 1.54. The molecule has 0 radical (unpaired) electrons. The minimum absolute atomic E-state index is 0.112. The highest BCUT2D eigenvalue weighted by atomic mass is 32.2. The van der Waals surface area contributed by atoms with Crippen molar-refractivity contribution in [2.24, 2.45) is 0 Å². The molecular weight excluding hydrogens is 466 g/mol. The number of carbonyl (C=O) groups is 2. The van der Waals surface area contributed by atoms with Crippen molar-refractivity contribution in [3.8, 4) is 11.5 Å². The number of anilines is 2. The lowest BCUT2D eigenvalue weighted by molar-refractivity contribution is -0.117. The second-order valence-electron chi connectivity index (χ2n) is 8.28. The van der Waals surface area contributed by atoms with Gasteiger partial charge in [-0.3, -0.25) is 14.2 Å². The Hall–Kier alpha value is -3.79. The van der Waals surface area contributed by atoms with Crippen molar-refractivity contribution in [3.63, 3.8) is 0 Å². The summed E-state index contributed by atoms with van der Waals surface area (Å²) in [5.74, 6) is 1.86. The van der Waals surface area contributed by atoms with E-state index in [0.29, 0.717) is 47.0 Å². The number of nitrogens with one attached hydrogen (secondary N) is 1. The average molecular weight is 492 g/mol. The van der Waals surface area contributed by atoms with Crippen LogP contribution in [-0.4, -0.2) is 45.0 Å². The van der Waals surface area contributed by atoms with E-state index in [1.54, 1.807) is 17.0 Å². The Morgan fingerprint density at radius 3 is 2.80 bits per heavy atom. The summed E-state index contributed by atoms with van der Waals surface area (Å²) in [6.45, 7) is 6.49. The molecule has 0 unspecified atom stereocenters. The number of thioether (sulfide) groups is 1. The second kappa shape index (κ2) is 9.83. The molecule has 0 fully saturated rings. The van der Waals surface area contributed by atoms with Gasteiger partial charge in [0.05, 0.1) is 17.1 Å². The summed E-state index contributed by atoms with van der Waals surface area (Å²) in [5, 5.41) is 12.2. The highest BCUT2D eigenvalue weighted by Crippen LogP contribution is 2.36. The smallest absolute Gasteiger partial charge is 0.237 e. The Balaban J connectivity index is 1.35. The van der Waals surface area contributed by atoms with Crippen LogP contribution in [0.25, 0.3) is 0 Å². The summed E-state index contributed by atoms with van der Waals surface area (Å²) in [6, 6.07) is 14.5. The summed E-state index contributed by atoms with van der Waals surface area (Å²) in [7, 11) is 0. The molecule has 0 spiro atoms. The molecule has 2 atom stereocenters. The number of fused-ring (bicyclic) bond motifs is 2. The van der Waals surface area contributed by atoms with E-state index >= 15 is 0 Å². The molecule has 0 saturated heterocycles. The molecule has 5 rings (SSSR count). The van der Waals surface area contributed by atoms with Crippen molar-refractivity contribution < 1.29 is 19.1 Å². The Bertz CT molecular complexity index is 1280. The van der Waals surface area contributed by atoms with E-state index in [2.05, 4.69) is 22.1 Å². The van der Waals surface area contributed by atoms with Crippen LogP contribution in [0.5, 0.6) is 11.5 Å². The van der Waals surface area contributed by atoms with Gasteiger partial charge in [0.1, 0.15) is 6.61 Å². The van der Waals surface area contributed by atoms with E-state index in [4.69, 9.17) is 9.47 Å². The molecule has 2 aliphatic heterocycles. The number of carbonyl (C=O) groups excluding carboxylic acids is 2. The van der Waals surface area contributed by atoms with Crippen LogP contribution in [0.1, 0.15) is 25.3 Å². The van der Waals surface area contributed by atoms with Crippen LogP contribution in [0, 0.1) is 0 Å². The Labute approximate surface area is 207 Å². The first-order valence-corrected chi connectivity index (χ1v) is 12.3. The predicted octanol–water partition coefficient (Wildman–Crippen LogP) is 3.83. The molecule has 2 amide bonds. The summed E-state index contributed by atoms with van der Waals surface area (Å²) >= 11 is 1.29. The van der Waals surface area contributed by atoms with Gasteiger partial charge in [-0.1, -0.05) is 42.1 Å². The third kappa shape index (κ3) is 4.61. The number of nitrogens with zero attached hydrogens (tertiary/aromatic N) is 4. The van der Waals surface area contributed by atoms with Crippen molar-refractivity contribution in [2.45, 2.75) is 37.2 Å². The van der Waals surface area contributed by atoms with Crippen molar-refractivity contribution in [2.75, 3.05) is 22.6 Å². The average Bonchev–Trinajstić information content (AvgIpc) is 3.20. The first kappa shape index (κ1) is 23.0. The molecule has 0 aliphatic carbocycles. The molecule has 3 aromatic rings. The van der Waals surface area contributed by atoms with Gasteiger partial charge < -0.3 is 19.7 Å². The molecule has 9 nitrogen and oxygen atoms in total. The van der Waals surface area contributed by atoms with E-state index in [0.717, 1.165) is 0 Å². The fraction of sp³-hybridized carbons (Fsp3) is 0.280. The molecule has 0 saturated carbocycles. The molecule has 1 N–H and O–H groups in total. The van der Waals surface area contributed by atoms with Crippen molar-refractivity contribution in [1.82, 2.24) is 14.8 Å². The van der Waals surface area contributed by atoms with Crippen LogP contribution in [0.15, 0.2) is 66.3 Å². The molecule has 180 valence electrons. The molecular formula is C25H25N5O4S. The summed E-state index contributed by atoms with van der Waals surface area (Å²) in [5.41, 5.74) is 1.32. The molecule has 35 heavy (non-hydrogen) atoms. The number of ether oxygens (including phenoxy) is 2. The van der Waals surface area contributed by atoms with Crippen molar-refractivity contribution >= 4 is 35.0 Å². The van der Waals surface area contributed by atoms with Gasteiger partial charge in [-0.2, -0.15) is 0 Å². The van der Waals surface area contributed by atoms with E-state index in [9.17, 15) is 9.59 Å². The number of rotatable bonds is 6. The standard InChI is InChI=1S/C25H25N5O4S/c1-3-12-29-24(21-14-33-19-10-6-7-11-20(19)34-21)27-28-25(29)35-15-23(32)30-16(2)13-22(31)26-17-8-4-5-9-18(17)30/h3-11,16,21H,1,12-15H2,2H3,(H,26,31)/t16-,21+/m0/s1. The van der Waals surface area contributed by atoms with Gasteiger partial charge in [0.15, 0.2) is 28.6 Å². The monoisotopic (exact) mass is 491 g/mol. The van der Waals surface area contributed by atoms with Crippen LogP contribution in [0.3, 0.4) is 0 Å². The number of aromatic nitrogens is 3. The zero-order valence-electron chi connectivity index (χ0n) is 19.2. The van der Waals surface area contributed by atoms with E-state index in [1.165, 1.54) is 11.8 Å². The van der Waals surface area contributed by atoms with Crippen LogP contribution in [0.4, 0.5) is 11.4 Å². The molecule has 2 aromatic carbocycles. The lowest BCUT2D eigenvalue weighted by Gasteiger charge is -2.27. The van der Waals surface area contributed by atoms with Crippen LogP contribution >= 0.6 is 11.8 Å². The minimum Gasteiger partial charge on any atom is -0.485 e. The predicted molar refractivity (Wildman–Crippen MR) is 133 cm³/mol. The lowest BCUT2D eigenvalue weighted by Crippen LogP contribution is -2.40. The third-order valence-corrected chi connectivity index (χ3v) is 6.76. The first-order valence-electron chi connectivity index (χ1n) is 11.3. The SMILES string of the molecule is C=CCn1c(SCC(=O)N2c3ccccc3NC(=O)C[C@@H]2C)nnc1[C@H]1COc2ccccc2O1. The van der Waals surface area contributed by atoms with Gasteiger partial charge in [-0.25, -0.2) is 0 Å². The molecule has 1 aromatic heterocycles. The zero-order valence-corrected chi connectivity index (χ0v) is 20.0. The maximum Gasteiger partial charge on any atom is 0.237 e. The Morgan fingerprint density at radius 2 is 1.97 bits per heavy atom. The minimum atomic E-state index is -0.433. The number of hydrogen-bond acceptors (Lipinski definition) is 7. The summed E-state index contributed by atoms with van der Waals surface area (Å²) in [4.78, 5) is 27.3. The number of amides is 2. The molecule has 10 heteroatoms. The quantitative estimate of drug-likeness (QED) is 0.413. The van der Waals surface area contributed by atoms with E-state index in [-0.39, 0.29) is 30.0 Å². The highest BCUT2D eigenvalue weighted by molar-refractivity contribution is 7.99. The Morgan fingerprint density at radius 1 is 1.20 bits per heavy atom. The zero-order chi connectivity index (χ0) is 24.4. The maximum atomic E-state index is 13.4. The van der Waals surface area contributed by atoms with Gasteiger partial charge in [-0.05, 0) is 31.2 Å². The van der Waals surface area contributed by atoms with Gasteiger partial charge in [0.25, 0.3) is 0 Å². The van der Waals surface area contributed by atoms with Gasteiger partial charge >= 0.3 is 0 Å². The van der Waals surface area contributed by atoms with E-state index in [1.807, 2.05) is 54.0 Å². The molecule has 2 aliphatic rings. The molecule has 3 heterocycles. The van der Waals surface area contributed by atoms with Crippen LogP contribution < -0.4 is 19.7 Å². The number of benzene rings is 2. The van der Waals surface area contributed by atoms with Gasteiger partial charge in [-0.15, -0.1) is 16.8 Å². The lowest BCUT2D eigenvalue weighted by atomic mass is 10.2. The number of hydrogen-bond donors (Lipinski definition) is 1. The van der Waals surface area contributed by atoms with E-state index < -0.39 is 6.10 Å². The Kier molecular flexibility index (Phi) is 6.45. The van der Waals surface area contributed by atoms with Crippen molar-refractivity contribution in [3.05, 3.63) is 67.0 Å². The number of para-hydroxylation sites is 4. The normalized spacial score (nSPS) is 18.9. The summed E-state index contributed by atoms with van der Waals surface area (Å²) < 4.78 is 13.8. The second-order valence-corrected chi connectivity index (χ2v) is 9.22. The van der Waals surface area contributed by atoms with Gasteiger partial charge in [0, 0.05) is 19.0 Å². The van der Waals surface area contributed by atoms with Crippen molar-refractivity contribution in [1.29, 1.82) is 0 Å². The largest absolute Gasteiger partial charge is 0.485 e. The molecule has 0 bridgehead atoms. The van der Waals surface area contributed by atoms with Gasteiger partial charge in [0.2, 0.25) is 11.8 Å². The third-order valence-electron chi connectivity index (χ3n) is 5.81. The maximum absolute atomic E-state index is 13.4. The highest BCUT2D eigenvalue weighted by Gasteiger charge is 2.31.